The number of carbonyl (C=O) groups is 1. The minimum atomic E-state index is 0.245. The van der Waals surface area contributed by atoms with Crippen molar-refractivity contribution in [3.63, 3.8) is 0 Å². The number of aromatic nitrogens is 2. The van der Waals surface area contributed by atoms with Gasteiger partial charge in [-0.15, -0.1) is 0 Å². The zero-order valence-corrected chi connectivity index (χ0v) is 12.0. The van der Waals surface area contributed by atoms with Crippen LogP contribution in [-0.2, 0) is 11.3 Å². The number of carbonyl (C=O) groups excluding carboxylic acids is 1. The molecule has 4 rings (SSSR count). The van der Waals surface area contributed by atoms with Gasteiger partial charge in [0.2, 0.25) is 5.91 Å². The molecule has 0 N–H and O–H groups in total. The lowest BCUT2D eigenvalue weighted by Crippen LogP contribution is -2.26. The van der Waals surface area contributed by atoms with Gasteiger partial charge in [-0.3, -0.25) is 4.79 Å². The summed E-state index contributed by atoms with van der Waals surface area (Å²) in [6, 6.07) is 11.0. The predicted molar refractivity (Wildman–Crippen MR) is 79.7 cm³/mol. The van der Waals surface area contributed by atoms with E-state index in [0.717, 1.165) is 12.4 Å². The summed E-state index contributed by atoms with van der Waals surface area (Å²) in [4.78, 5) is 18.7. The van der Waals surface area contributed by atoms with Crippen molar-refractivity contribution in [1.82, 2.24) is 14.5 Å². The Bertz CT molecular complexity index is 645. The van der Waals surface area contributed by atoms with Gasteiger partial charge in [0, 0.05) is 37.3 Å². The molecule has 0 bridgehead atoms. The van der Waals surface area contributed by atoms with Crippen LogP contribution in [0.4, 0.5) is 0 Å². The van der Waals surface area contributed by atoms with Crippen LogP contribution in [0.25, 0.3) is 0 Å². The Balaban J connectivity index is 1.49. The molecule has 0 spiro atoms. The fraction of sp³-hybridized carbons (Fsp3) is 0.412. The molecule has 0 radical (unpaired) electrons. The predicted octanol–water partition coefficient (Wildman–Crippen LogP) is 2.73. The first kappa shape index (κ1) is 12.6. The average Bonchev–Trinajstić information content (AvgIpc) is 3.15. The number of likely N-dealkylation sites (tertiary alicyclic amines) is 1. The second-order valence-corrected chi connectivity index (χ2v) is 6.07. The van der Waals surface area contributed by atoms with Crippen LogP contribution in [0.5, 0.6) is 0 Å². The van der Waals surface area contributed by atoms with Crippen LogP contribution in [-0.4, -0.2) is 26.9 Å². The monoisotopic (exact) mass is 281 g/mol. The second-order valence-electron chi connectivity index (χ2n) is 6.07. The van der Waals surface area contributed by atoms with Crippen LogP contribution in [0.1, 0.15) is 42.6 Å². The van der Waals surface area contributed by atoms with Gasteiger partial charge >= 0.3 is 0 Å². The van der Waals surface area contributed by atoms with E-state index in [1.165, 1.54) is 18.4 Å². The first-order valence-electron chi connectivity index (χ1n) is 7.65. The van der Waals surface area contributed by atoms with Gasteiger partial charge in [-0.2, -0.15) is 0 Å². The largest absolute Gasteiger partial charge is 0.335 e. The Kier molecular flexibility index (Phi) is 3.02. The van der Waals surface area contributed by atoms with E-state index in [9.17, 15) is 4.79 Å². The van der Waals surface area contributed by atoms with Gasteiger partial charge in [-0.05, 0) is 18.4 Å². The van der Waals surface area contributed by atoms with Crippen molar-refractivity contribution in [3.05, 3.63) is 54.1 Å². The molecule has 2 heterocycles. The third-order valence-corrected chi connectivity index (χ3v) is 4.51. The van der Waals surface area contributed by atoms with E-state index in [2.05, 4.69) is 21.7 Å². The molecule has 1 aromatic heterocycles. The maximum absolute atomic E-state index is 12.3. The number of nitrogens with zero attached hydrogens (tertiary/aromatic N) is 3. The van der Waals surface area contributed by atoms with E-state index in [1.54, 1.807) is 0 Å². The lowest BCUT2D eigenvalue weighted by molar-refractivity contribution is -0.128. The molecule has 0 unspecified atom stereocenters. The Labute approximate surface area is 124 Å². The topological polar surface area (TPSA) is 38.1 Å². The zero-order valence-electron chi connectivity index (χ0n) is 12.0. The second kappa shape index (κ2) is 5.02. The number of rotatable bonds is 4. The molecule has 4 heteroatoms. The van der Waals surface area contributed by atoms with Gasteiger partial charge in [0.1, 0.15) is 5.82 Å². The maximum Gasteiger partial charge on any atom is 0.223 e. The van der Waals surface area contributed by atoms with Crippen LogP contribution < -0.4 is 0 Å². The summed E-state index contributed by atoms with van der Waals surface area (Å²) in [7, 11) is 0. The van der Waals surface area contributed by atoms with E-state index >= 15 is 0 Å². The van der Waals surface area contributed by atoms with Gasteiger partial charge < -0.3 is 9.47 Å². The van der Waals surface area contributed by atoms with Crippen molar-refractivity contribution < 1.29 is 4.79 Å². The molecule has 1 atom stereocenters. The molecule has 1 saturated heterocycles. The summed E-state index contributed by atoms with van der Waals surface area (Å²) in [6.07, 6.45) is 6.99. The Morgan fingerprint density at radius 1 is 1.19 bits per heavy atom. The molecule has 1 aromatic carbocycles. The van der Waals surface area contributed by atoms with E-state index in [0.29, 0.717) is 24.9 Å². The van der Waals surface area contributed by atoms with Crippen LogP contribution in [0.15, 0.2) is 42.7 Å². The molecular formula is C17H19N3O. The average molecular weight is 281 g/mol. The lowest BCUT2D eigenvalue weighted by Gasteiger charge is -2.17. The highest BCUT2D eigenvalue weighted by Gasteiger charge is 2.32. The molecule has 1 aliphatic carbocycles. The number of hydrogen-bond acceptors (Lipinski definition) is 2. The van der Waals surface area contributed by atoms with E-state index in [-0.39, 0.29) is 5.91 Å². The number of hydrogen-bond donors (Lipinski definition) is 0. The van der Waals surface area contributed by atoms with Gasteiger partial charge in [-0.1, -0.05) is 30.3 Å². The Morgan fingerprint density at radius 3 is 2.76 bits per heavy atom. The number of imidazole rings is 1. The van der Waals surface area contributed by atoms with Gasteiger partial charge in [0.25, 0.3) is 0 Å². The van der Waals surface area contributed by atoms with Crippen molar-refractivity contribution in [3.8, 4) is 0 Å². The van der Waals surface area contributed by atoms with Crippen LogP contribution in [0.3, 0.4) is 0 Å². The van der Waals surface area contributed by atoms with Gasteiger partial charge in [0.05, 0.1) is 6.54 Å². The highest BCUT2D eigenvalue weighted by molar-refractivity contribution is 5.79. The normalized spacial score (nSPS) is 22.0. The zero-order chi connectivity index (χ0) is 14.2. The maximum atomic E-state index is 12.3. The summed E-state index contributed by atoms with van der Waals surface area (Å²) in [5, 5.41) is 0. The number of amides is 1. The van der Waals surface area contributed by atoms with Crippen LogP contribution in [0.2, 0.25) is 0 Å². The first-order chi connectivity index (χ1) is 10.3. The molecule has 2 fully saturated rings. The third kappa shape index (κ3) is 2.46. The highest BCUT2D eigenvalue weighted by Crippen LogP contribution is 2.36. The van der Waals surface area contributed by atoms with Crippen molar-refractivity contribution in [2.45, 2.75) is 37.8 Å². The van der Waals surface area contributed by atoms with Gasteiger partial charge in [-0.25, -0.2) is 4.98 Å². The summed E-state index contributed by atoms with van der Waals surface area (Å²) < 4.78 is 2.24. The Morgan fingerprint density at radius 2 is 2.00 bits per heavy atom. The minimum absolute atomic E-state index is 0.245. The van der Waals surface area contributed by atoms with E-state index in [1.807, 2.05) is 35.5 Å². The van der Waals surface area contributed by atoms with Crippen LogP contribution in [0, 0.1) is 0 Å². The quantitative estimate of drug-likeness (QED) is 0.864. The highest BCUT2D eigenvalue weighted by atomic mass is 16.2. The fourth-order valence-electron chi connectivity index (χ4n) is 3.20. The molecule has 1 amide bonds. The summed E-state index contributed by atoms with van der Waals surface area (Å²) in [6.45, 7) is 1.45. The SMILES string of the molecule is O=C1C[C@@H](c2ccccc2)CN1Cc1nccn1C1CC1. The molecule has 1 aliphatic heterocycles. The van der Waals surface area contributed by atoms with Gasteiger partial charge in [0.15, 0.2) is 0 Å². The van der Waals surface area contributed by atoms with Crippen molar-refractivity contribution in [1.29, 1.82) is 0 Å². The molecule has 2 aromatic rings. The fourth-order valence-corrected chi connectivity index (χ4v) is 3.20. The van der Waals surface area contributed by atoms with Crippen molar-refractivity contribution in [2.75, 3.05) is 6.54 Å². The molecule has 21 heavy (non-hydrogen) atoms. The minimum Gasteiger partial charge on any atom is -0.335 e. The van der Waals surface area contributed by atoms with E-state index in [4.69, 9.17) is 0 Å². The van der Waals surface area contributed by atoms with Crippen LogP contribution >= 0.6 is 0 Å². The standard InChI is InChI=1S/C17H19N3O/c21-17-10-14(13-4-2-1-3-5-13)11-19(17)12-16-18-8-9-20(16)15-6-7-15/h1-5,8-9,14-15H,6-7,10-12H2/t14-/m1/s1. The lowest BCUT2D eigenvalue weighted by atomic mass is 9.99. The Hall–Kier alpha value is -2.10. The van der Waals surface area contributed by atoms with Crippen molar-refractivity contribution >= 4 is 5.91 Å². The summed E-state index contributed by atoms with van der Waals surface area (Å²) >= 11 is 0. The number of benzene rings is 1. The van der Waals surface area contributed by atoms with E-state index < -0.39 is 0 Å². The molecule has 4 nitrogen and oxygen atoms in total. The molecule has 2 aliphatic rings. The third-order valence-electron chi connectivity index (χ3n) is 4.51. The smallest absolute Gasteiger partial charge is 0.223 e. The molecule has 1 saturated carbocycles. The molecular weight excluding hydrogens is 262 g/mol. The first-order valence-corrected chi connectivity index (χ1v) is 7.65. The van der Waals surface area contributed by atoms with Crippen molar-refractivity contribution in [2.24, 2.45) is 0 Å². The summed E-state index contributed by atoms with van der Waals surface area (Å²) in [5.74, 6) is 1.59. The summed E-state index contributed by atoms with van der Waals surface area (Å²) in [5.41, 5.74) is 1.26. The molecule has 108 valence electrons.